The summed E-state index contributed by atoms with van der Waals surface area (Å²) in [6.07, 6.45) is 3.98. The Kier molecular flexibility index (Phi) is 5.16. The minimum atomic E-state index is -0.482. The third-order valence-electron chi connectivity index (χ3n) is 3.49. The molecule has 21 heavy (non-hydrogen) atoms. The fourth-order valence-electron chi connectivity index (χ4n) is 2.42. The average molecular weight is 290 g/mol. The van der Waals surface area contributed by atoms with Crippen molar-refractivity contribution >= 4 is 17.4 Å². The van der Waals surface area contributed by atoms with Crippen LogP contribution in [0, 0.1) is 0 Å². The molecule has 3 N–H and O–H groups in total. The van der Waals surface area contributed by atoms with Crippen molar-refractivity contribution in [2.45, 2.75) is 39.5 Å². The summed E-state index contributed by atoms with van der Waals surface area (Å²) in [5, 5.41) is 11.6. The molecule has 6 heteroatoms. The van der Waals surface area contributed by atoms with Gasteiger partial charge >= 0.3 is 0 Å². The van der Waals surface area contributed by atoms with E-state index in [1.165, 1.54) is 5.69 Å². The van der Waals surface area contributed by atoms with Crippen LogP contribution >= 0.6 is 0 Å². The minimum Gasteiger partial charge on any atom is -0.359 e. The Morgan fingerprint density at radius 3 is 2.86 bits per heavy atom. The second-order valence-corrected chi connectivity index (χ2v) is 4.96. The number of anilines is 1. The van der Waals surface area contributed by atoms with Crippen LogP contribution in [-0.4, -0.2) is 27.0 Å². The lowest BCUT2D eigenvalue weighted by atomic mass is 10.2. The van der Waals surface area contributed by atoms with Crippen LogP contribution in [0.2, 0.25) is 0 Å². The number of hydrogen-bond donors (Lipinski definition) is 3. The molecule has 0 fully saturated rings. The number of rotatable bonds is 7. The number of carbonyl (C=O) groups excluding carboxylic acids is 1. The van der Waals surface area contributed by atoms with Crippen molar-refractivity contribution in [2.24, 2.45) is 0 Å². The molecule has 1 amide bonds. The average Bonchev–Trinajstić information content (AvgIpc) is 2.88. The number of aryl methyl sites for hydroxylation is 2. The normalized spacial score (nSPS) is 10.8. The number of nitrogens with zero attached hydrogens (tertiary/aromatic N) is 2. The first kappa shape index (κ1) is 15.3. The number of unbranched alkanes of at least 4 members (excludes halogenated alkanes) is 1. The lowest BCUT2D eigenvalue weighted by molar-refractivity contribution is -0.127. The molecule has 0 aliphatic carbocycles. The second-order valence-electron chi connectivity index (χ2n) is 4.96. The number of fused-ring (bicyclic) bond motifs is 1. The van der Waals surface area contributed by atoms with E-state index in [9.17, 15) is 4.79 Å². The summed E-state index contributed by atoms with van der Waals surface area (Å²) < 4.78 is 2.16. The van der Waals surface area contributed by atoms with Crippen molar-refractivity contribution < 1.29 is 10.0 Å². The fourth-order valence-corrected chi connectivity index (χ4v) is 2.42. The lowest BCUT2D eigenvalue weighted by Gasteiger charge is -2.09. The SMILES string of the molecule is CCCCc1c(NCC(=O)NO)nc2cccc(CC)n12. The summed E-state index contributed by atoms with van der Waals surface area (Å²) in [5.74, 6) is 0.233. The van der Waals surface area contributed by atoms with Gasteiger partial charge in [0.05, 0.1) is 12.2 Å². The van der Waals surface area contributed by atoms with Crippen LogP contribution in [0.1, 0.15) is 38.1 Å². The van der Waals surface area contributed by atoms with Crippen LogP contribution in [0.3, 0.4) is 0 Å². The maximum atomic E-state index is 11.2. The van der Waals surface area contributed by atoms with Gasteiger partial charge in [0.15, 0.2) is 0 Å². The van der Waals surface area contributed by atoms with Gasteiger partial charge in [0, 0.05) is 5.69 Å². The smallest absolute Gasteiger partial charge is 0.262 e. The molecule has 0 aliphatic rings. The Morgan fingerprint density at radius 1 is 1.38 bits per heavy atom. The third-order valence-corrected chi connectivity index (χ3v) is 3.49. The van der Waals surface area contributed by atoms with Crippen LogP contribution in [0.4, 0.5) is 5.82 Å². The molecule has 0 atom stereocenters. The fraction of sp³-hybridized carbons (Fsp3) is 0.467. The standard InChI is InChI=1S/C15H22N4O2/c1-3-5-8-12-15(16-10-14(20)18-21)17-13-9-6-7-11(4-2)19(12)13/h6-7,9,16,21H,3-5,8,10H2,1-2H3,(H,18,20). The van der Waals surface area contributed by atoms with Crippen molar-refractivity contribution in [3.8, 4) is 0 Å². The van der Waals surface area contributed by atoms with Crippen molar-refractivity contribution in [1.82, 2.24) is 14.9 Å². The first-order valence-corrected chi connectivity index (χ1v) is 7.37. The number of hydrogen-bond acceptors (Lipinski definition) is 4. The number of carbonyl (C=O) groups is 1. The molecule has 0 bridgehead atoms. The first-order valence-electron chi connectivity index (χ1n) is 7.37. The van der Waals surface area contributed by atoms with E-state index in [2.05, 4.69) is 34.6 Å². The Bertz CT molecular complexity index is 621. The largest absolute Gasteiger partial charge is 0.359 e. The second kappa shape index (κ2) is 7.08. The van der Waals surface area contributed by atoms with Gasteiger partial charge < -0.3 is 5.32 Å². The predicted molar refractivity (Wildman–Crippen MR) is 81.6 cm³/mol. The summed E-state index contributed by atoms with van der Waals surface area (Å²) in [6, 6.07) is 6.05. The van der Waals surface area contributed by atoms with E-state index in [4.69, 9.17) is 5.21 Å². The van der Waals surface area contributed by atoms with E-state index in [-0.39, 0.29) is 6.54 Å². The summed E-state index contributed by atoms with van der Waals surface area (Å²) in [5.41, 5.74) is 4.79. The number of aromatic nitrogens is 2. The molecule has 0 unspecified atom stereocenters. The molecule has 0 aromatic carbocycles. The van der Waals surface area contributed by atoms with E-state index in [1.807, 2.05) is 12.1 Å². The molecule has 0 saturated carbocycles. The van der Waals surface area contributed by atoms with E-state index < -0.39 is 5.91 Å². The quantitative estimate of drug-likeness (QED) is 0.539. The van der Waals surface area contributed by atoms with Gasteiger partial charge in [-0.3, -0.25) is 14.4 Å². The predicted octanol–water partition coefficient (Wildman–Crippen LogP) is 2.16. The highest BCUT2D eigenvalue weighted by Crippen LogP contribution is 2.22. The van der Waals surface area contributed by atoms with Crippen LogP contribution in [0.5, 0.6) is 0 Å². The molecule has 2 rings (SSSR count). The van der Waals surface area contributed by atoms with Gasteiger partial charge in [-0.2, -0.15) is 0 Å². The highest BCUT2D eigenvalue weighted by atomic mass is 16.5. The molecule has 2 aromatic rings. The third kappa shape index (κ3) is 3.33. The van der Waals surface area contributed by atoms with Gasteiger partial charge in [0.2, 0.25) is 0 Å². The summed E-state index contributed by atoms with van der Waals surface area (Å²) >= 11 is 0. The lowest BCUT2D eigenvalue weighted by Crippen LogP contribution is -2.27. The maximum Gasteiger partial charge on any atom is 0.262 e. The number of hydroxylamine groups is 1. The number of imidazole rings is 1. The van der Waals surface area contributed by atoms with Crippen LogP contribution in [-0.2, 0) is 17.6 Å². The molecule has 6 nitrogen and oxygen atoms in total. The Balaban J connectivity index is 2.40. The van der Waals surface area contributed by atoms with Gasteiger partial charge in [0.25, 0.3) is 5.91 Å². The van der Waals surface area contributed by atoms with Crippen molar-refractivity contribution in [3.63, 3.8) is 0 Å². The molecule has 2 heterocycles. The molecule has 0 radical (unpaired) electrons. The first-order chi connectivity index (χ1) is 10.2. The van der Waals surface area contributed by atoms with Crippen molar-refractivity contribution in [2.75, 3.05) is 11.9 Å². The molecule has 0 spiro atoms. The number of nitrogens with one attached hydrogen (secondary N) is 2. The molecular weight excluding hydrogens is 268 g/mol. The molecule has 0 saturated heterocycles. The minimum absolute atomic E-state index is 0.000958. The van der Waals surface area contributed by atoms with E-state index in [1.54, 1.807) is 5.48 Å². The zero-order valence-corrected chi connectivity index (χ0v) is 12.5. The maximum absolute atomic E-state index is 11.2. The topological polar surface area (TPSA) is 78.7 Å². The Morgan fingerprint density at radius 2 is 2.19 bits per heavy atom. The van der Waals surface area contributed by atoms with Gasteiger partial charge in [0.1, 0.15) is 11.5 Å². The van der Waals surface area contributed by atoms with Gasteiger partial charge in [-0.1, -0.05) is 26.3 Å². The van der Waals surface area contributed by atoms with E-state index >= 15 is 0 Å². The number of pyridine rings is 1. The molecule has 114 valence electrons. The van der Waals surface area contributed by atoms with Crippen LogP contribution in [0.25, 0.3) is 5.65 Å². The zero-order chi connectivity index (χ0) is 15.2. The molecule has 2 aromatic heterocycles. The van der Waals surface area contributed by atoms with E-state index in [0.29, 0.717) is 5.82 Å². The summed E-state index contributed by atoms with van der Waals surface area (Å²) in [6.45, 7) is 4.27. The Hall–Kier alpha value is -2.08. The monoisotopic (exact) mass is 290 g/mol. The Labute approximate surface area is 124 Å². The van der Waals surface area contributed by atoms with Gasteiger partial charge in [-0.25, -0.2) is 10.5 Å². The van der Waals surface area contributed by atoms with Crippen LogP contribution in [0.15, 0.2) is 18.2 Å². The number of amides is 1. The van der Waals surface area contributed by atoms with Crippen LogP contribution < -0.4 is 10.8 Å². The molecule has 0 aliphatic heterocycles. The zero-order valence-electron chi connectivity index (χ0n) is 12.5. The van der Waals surface area contributed by atoms with Crippen molar-refractivity contribution in [3.05, 3.63) is 29.6 Å². The molecular formula is C15H22N4O2. The summed E-state index contributed by atoms with van der Waals surface area (Å²) in [4.78, 5) is 15.8. The highest BCUT2D eigenvalue weighted by Gasteiger charge is 2.14. The summed E-state index contributed by atoms with van der Waals surface area (Å²) in [7, 11) is 0. The van der Waals surface area contributed by atoms with Gasteiger partial charge in [-0.05, 0) is 31.4 Å². The van der Waals surface area contributed by atoms with Gasteiger partial charge in [-0.15, -0.1) is 0 Å². The highest BCUT2D eigenvalue weighted by molar-refractivity contribution is 5.79. The van der Waals surface area contributed by atoms with Crippen molar-refractivity contribution in [1.29, 1.82) is 0 Å². The van der Waals surface area contributed by atoms with E-state index in [0.717, 1.165) is 37.0 Å².